The van der Waals surface area contributed by atoms with Gasteiger partial charge in [0.05, 0.1) is 10.2 Å². The molecule has 1 aromatic carbocycles. The van der Waals surface area contributed by atoms with E-state index in [-0.39, 0.29) is 0 Å². The molecule has 2 aromatic rings. The largest absolute Gasteiger partial charge is 0.362 e. The van der Waals surface area contributed by atoms with Crippen LogP contribution in [0.1, 0.15) is 12.5 Å². The maximum Gasteiger partial charge on any atom is 0.183 e. The number of benzene rings is 1. The molecule has 0 aliphatic carbocycles. The van der Waals surface area contributed by atoms with E-state index < -0.39 is 0 Å². The molecule has 1 aromatic heterocycles. The highest BCUT2D eigenvalue weighted by Crippen LogP contribution is 2.30. The normalized spacial score (nSPS) is 10.8. The van der Waals surface area contributed by atoms with Crippen molar-refractivity contribution in [3.8, 4) is 0 Å². The lowest BCUT2D eigenvalue weighted by molar-refractivity contribution is 1.20. The Labute approximate surface area is 95.5 Å². The Morgan fingerprint density at radius 3 is 3.00 bits per heavy atom. The first-order valence-corrected chi connectivity index (χ1v) is 6.12. The quantitative estimate of drug-likeness (QED) is 0.898. The van der Waals surface area contributed by atoms with Crippen LogP contribution in [0.2, 0.25) is 0 Å². The molecule has 2 nitrogen and oxygen atoms in total. The molecule has 1 N–H and O–H groups in total. The minimum atomic E-state index is 0.917. The number of nitrogens with one attached hydrogen (secondary N) is 1. The van der Waals surface area contributed by atoms with Crippen molar-refractivity contribution in [2.75, 3.05) is 11.9 Å². The average molecular weight is 271 g/mol. The first-order valence-electron chi connectivity index (χ1n) is 4.51. The van der Waals surface area contributed by atoms with Crippen molar-refractivity contribution in [1.82, 2.24) is 4.98 Å². The molecule has 1 heterocycles. The molecule has 0 bridgehead atoms. The van der Waals surface area contributed by atoms with Crippen molar-refractivity contribution in [2.45, 2.75) is 13.8 Å². The number of aryl methyl sites for hydroxylation is 1. The second-order valence-electron chi connectivity index (χ2n) is 3.12. The van der Waals surface area contributed by atoms with E-state index in [2.05, 4.69) is 52.2 Å². The average Bonchev–Trinajstić information content (AvgIpc) is 2.48. The molecule has 0 fully saturated rings. The van der Waals surface area contributed by atoms with Crippen LogP contribution < -0.4 is 5.32 Å². The van der Waals surface area contributed by atoms with Gasteiger partial charge >= 0.3 is 0 Å². The molecule has 0 radical (unpaired) electrons. The van der Waals surface area contributed by atoms with Crippen molar-refractivity contribution in [3.63, 3.8) is 0 Å². The molecule has 0 amide bonds. The zero-order valence-electron chi connectivity index (χ0n) is 8.10. The van der Waals surface area contributed by atoms with Crippen molar-refractivity contribution < 1.29 is 0 Å². The van der Waals surface area contributed by atoms with E-state index in [0.717, 1.165) is 21.7 Å². The molecule has 0 saturated carbocycles. The number of fused-ring (bicyclic) bond motifs is 1. The Morgan fingerprint density at radius 1 is 1.50 bits per heavy atom. The van der Waals surface area contributed by atoms with Gasteiger partial charge in [-0.1, -0.05) is 27.3 Å². The van der Waals surface area contributed by atoms with E-state index >= 15 is 0 Å². The fourth-order valence-electron chi connectivity index (χ4n) is 1.38. The smallest absolute Gasteiger partial charge is 0.183 e. The van der Waals surface area contributed by atoms with Gasteiger partial charge < -0.3 is 5.32 Å². The van der Waals surface area contributed by atoms with Crippen molar-refractivity contribution in [2.24, 2.45) is 0 Å². The van der Waals surface area contributed by atoms with Crippen molar-refractivity contribution in [1.29, 1.82) is 0 Å². The van der Waals surface area contributed by atoms with Gasteiger partial charge in [-0.05, 0) is 31.5 Å². The Balaban J connectivity index is 2.58. The monoisotopic (exact) mass is 270 g/mol. The number of halogens is 1. The van der Waals surface area contributed by atoms with Gasteiger partial charge in [-0.15, -0.1) is 0 Å². The second kappa shape index (κ2) is 3.87. The van der Waals surface area contributed by atoms with E-state index in [4.69, 9.17) is 0 Å². The number of hydrogen-bond acceptors (Lipinski definition) is 3. The van der Waals surface area contributed by atoms with Crippen LogP contribution in [0, 0.1) is 6.92 Å². The van der Waals surface area contributed by atoms with Crippen LogP contribution in [-0.4, -0.2) is 11.5 Å². The summed E-state index contributed by atoms with van der Waals surface area (Å²) in [6, 6.07) is 4.21. The third-order valence-electron chi connectivity index (χ3n) is 1.98. The number of rotatable bonds is 2. The summed E-state index contributed by atoms with van der Waals surface area (Å²) in [5, 5.41) is 4.24. The molecular formula is C10H11BrN2S. The lowest BCUT2D eigenvalue weighted by atomic mass is 10.2. The Morgan fingerprint density at radius 2 is 2.29 bits per heavy atom. The first-order chi connectivity index (χ1) is 6.70. The fraction of sp³-hybridized carbons (Fsp3) is 0.300. The first kappa shape index (κ1) is 9.93. The molecule has 14 heavy (non-hydrogen) atoms. The highest BCUT2D eigenvalue weighted by Gasteiger charge is 2.06. The SMILES string of the molecule is CCNc1nc2c(C)cc(Br)cc2s1. The minimum Gasteiger partial charge on any atom is -0.362 e. The van der Waals surface area contributed by atoms with Gasteiger partial charge in [-0.3, -0.25) is 0 Å². The van der Waals surface area contributed by atoms with Crippen LogP contribution in [0.4, 0.5) is 5.13 Å². The Hall–Kier alpha value is -0.610. The van der Waals surface area contributed by atoms with Crippen LogP contribution in [0.3, 0.4) is 0 Å². The molecule has 0 aliphatic rings. The van der Waals surface area contributed by atoms with E-state index in [9.17, 15) is 0 Å². The van der Waals surface area contributed by atoms with Gasteiger partial charge in [0.1, 0.15) is 0 Å². The summed E-state index contributed by atoms with van der Waals surface area (Å²) in [7, 11) is 0. The van der Waals surface area contributed by atoms with Crippen LogP contribution in [0.15, 0.2) is 16.6 Å². The minimum absolute atomic E-state index is 0.917. The number of aromatic nitrogens is 1. The van der Waals surface area contributed by atoms with Gasteiger partial charge in [-0.2, -0.15) is 0 Å². The van der Waals surface area contributed by atoms with E-state index in [1.165, 1.54) is 10.3 Å². The predicted octanol–water partition coefficient (Wildman–Crippen LogP) is 3.80. The van der Waals surface area contributed by atoms with Gasteiger partial charge in [0.25, 0.3) is 0 Å². The molecule has 4 heteroatoms. The summed E-state index contributed by atoms with van der Waals surface area (Å²) in [5.74, 6) is 0. The topological polar surface area (TPSA) is 24.9 Å². The summed E-state index contributed by atoms with van der Waals surface area (Å²) < 4.78 is 2.35. The van der Waals surface area contributed by atoms with Gasteiger partial charge in [-0.25, -0.2) is 4.98 Å². The van der Waals surface area contributed by atoms with E-state index in [0.29, 0.717) is 0 Å². The molecule has 0 spiro atoms. The highest BCUT2D eigenvalue weighted by molar-refractivity contribution is 9.10. The van der Waals surface area contributed by atoms with Gasteiger partial charge in [0.15, 0.2) is 5.13 Å². The lowest BCUT2D eigenvalue weighted by Crippen LogP contribution is -1.94. The summed E-state index contributed by atoms with van der Waals surface area (Å²) in [6.45, 7) is 5.08. The number of hydrogen-bond donors (Lipinski definition) is 1. The molecule has 0 unspecified atom stereocenters. The summed E-state index contributed by atoms with van der Waals surface area (Å²) >= 11 is 5.19. The molecule has 74 valence electrons. The van der Waals surface area contributed by atoms with Gasteiger partial charge in [0.2, 0.25) is 0 Å². The van der Waals surface area contributed by atoms with Crippen LogP contribution >= 0.6 is 27.3 Å². The zero-order chi connectivity index (χ0) is 10.1. The maximum atomic E-state index is 4.53. The molecular weight excluding hydrogens is 260 g/mol. The number of thiazole rings is 1. The molecule has 0 saturated heterocycles. The van der Waals surface area contributed by atoms with Crippen LogP contribution in [-0.2, 0) is 0 Å². The van der Waals surface area contributed by atoms with Crippen molar-refractivity contribution in [3.05, 3.63) is 22.2 Å². The number of anilines is 1. The van der Waals surface area contributed by atoms with Crippen molar-refractivity contribution >= 4 is 42.6 Å². The van der Waals surface area contributed by atoms with Crippen LogP contribution in [0.5, 0.6) is 0 Å². The Bertz CT molecular complexity index is 464. The zero-order valence-corrected chi connectivity index (χ0v) is 10.5. The summed E-state index contributed by atoms with van der Waals surface area (Å²) in [5.41, 5.74) is 2.32. The fourth-order valence-corrected chi connectivity index (χ4v) is 3.16. The highest BCUT2D eigenvalue weighted by atomic mass is 79.9. The molecule has 0 atom stereocenters. The Kier molecular flexibility index (Phi) is 2.74. The summed E-state index contributed by atoms with van der Waals surface area (Å²) in [4.78, 5) is 4.53. The third kappa shape index (κ3) is 1.77. The van der Waals surface area contributed by atoms with E-state index in [1.54, 1.807) is 11.3 Å². The number of nitrogens with zero attached hydrogens (tertiary/aromatic N) is 1. The lowest BCUT2D eigenvalue weighted by Gasteiger charge is -1.94. The maximum absolute atomic E-state index is 4.53. The molecule has 0 aliphatic heterocycles. The summed E-state index contributed by atoms with van der Waals surface area (Å²) in [6.07, 6.45) is 0. The third-order valence-corrected chi connectivity index (χ3v) is 3.40. The predicted molar refractivity (Wildman–Crippen MR) is 66.2 cm³/mol. The van der Waals surface area contributed by atoms with Crippen LogP contribution in [0.25, 0.3) is 10.2 Å². The van der Waals surface area contributed by atoms with Gasteiger partial charge in [0, 0.05) is 11.0 Å². The molecule has 2 rings (SSSR count). The van der Waals surface area contributed by atoms with E-state index in [1.807, 2.05) is 0 Å². The second-order valence-corrected chi connectivity index (χ2v) is 5.07. The standard InChI is InChI=1S/C10H11BrN2S/c1-3-12-10-13-9-6(2)4-7(11)5-8(9)14-10/h4-5H,3H2,1-2H3,(H,12,13).